The third-order valence-corrected chi connectivity index (χ3v) is 5.27. The van der Waals surface area contributed by atoms with E-state index in [9.17, 15) is 22.8 Å². The highest BCUT2D eigenvalue weighted by molar-refractivity contribution is 6.05. The molecule has 0 bridgehead atoms. The van der Waals surface area contributed by atoms with Crippen molar-refractivity contribution in [2.45, 2.75) is 39.0 Å². The molecule has 0 saturated heterocycles. The Labute approximate surface area is 182 Å². The summed E-state index contributed by atoms with van der Waals surface area (Å²) in [6.07, 6.45) is -3.61. The molecule has 1 atom stereocenters. The van der Waals surface area contributed by atoms with Gasteiger partial charge in [0.1, 0.15) is 11.5 Å². The number of ether oxygens (including phenoxy) is 2. The monoisotopic (exact) mass is 448 g/mol. The summed E-state index contributed by atoms with van der Waals surface area (Å²) >= 11 is 0. The quantitative estimate of drug-likeness (QED) is 0.557. The van der Waals surface area contributed by atoms with Crippen LogP contribution in [-0.2, 0) is 4.79 Å². The molecule has 2 aromatic carbocycles. The van der Waals surface area contributed by atoms with E-state index in [1.165, 1.54) is 23.8 Å². The van der Waals surface area contributed by atoms with Crippen LogP contribution in [0.3, 0.4) is 0 Å². The molecule has 0 aliphatic rings. The van der Waals surface area contributed by atoms with Crippen molar-refractivity contribution in [1.29, 1.82) is 0 Å². The maximum atomic E-state index is 13.3. The lowest BCUT2D eigenvalue weighted by Crippen LogP contribution is -2.22. The molecule has 3 rings (SSSR count). The molecule has 0 spiro atoms. The highest BCUT2D eigenvalue weighted by atomic mass is 19.4. The highest BCUT2D eigenvalue weighted by Gasteiger charge is 2.31. The van der Waals surface area contributed by atoms with Crippen LogP contribution in [0.15, 0.2) is 42.5 Å². The van der Waals surface area contributed by atoms with Gasteiger partial charge in [-0.1, -0.05) is 13.3 Å². The van der Waals surface area contributed by atoms with Gasteiger partial charge >= 0.3 is 6.36 Å². The second-order valence-electron chi connectivity index (χ2n) is 7.34. The number of rotatable bonds is 7. The molecule has 1 aromatic heterocycles. The zero-order valence-electron chi connectivity index (χ0n) is 17.8. The van der Waals surface area contributed by atoms with Crippen molar-refractivity contribution in [2.24, 2.45) is 5.73 Å². The smallest absolute Gasteiger partial charge is 0.497 e. The fourth-order valence-electron chi connectivity index (χ4n) is 3.90. The van der Waals surface area contributed by atoms with E-state index in [1.54, 1.807) is 25.1 Å². The van der Waals surface area contributed by atoms with Crippen LogP contribution >= 0.6 is 0 Å². The average molecular weight is 448 g/mol. The van der Waals surface area contributed by atoms with Crippen molar-refractivity contribution in [1.82, 2.24) is 4.57 Å². The first-order valence-electron chi connectivity index (χ1n) is 9.96. The van der Waals surface area contributed by atoms with E-state index in [2.05, 4.69) is 4.74 Å². The molecule has 2 N–H and O–H groups in total. The number of hydrogen-bond donors (Lipinski definition) is 1. The summed E-state index contributed by atoms with van der Waals surface area (Å²) in [6.45, 7) is 3.65. The fraction of sp³-hybridized carbons (Fsp3) is 0.304. The number of carbonyl (C=O) groups excluding carboxylic acids is 2. The van der Waals surface area contributed by atoms with Gasteiger partial charge in [-0.3, -0.25) is 14.2 Å². The maximum Gasteiger partial charge on any atom is 0.573 e. The van der Waals surface area contributed by atoms with Crippen LogP contribution in [0.1, 0.15) is 47.3 Å². The van der Waals surface area contributed by atoms with Gasteiger partial charge in [-0.2, -0.15) is 0 Å². The first-order chi connectivity index (χ1) is 15.1. The van der Waals surface area contributed by atoms with E-state index in [0.717, 1.165) is 12.1 Å². The Hall–Kier alpha value is -3.49. The molecular formula is C23H23F3N2O4. The van der Waals surface area contributed by atoms with Crippen LogP contribution < -0.4 is 15.2 Å². The number of carbonyl (C=O) groups is 2. The van der Waals surface area contributed by atoms with Crippen LogP contribution in [-0.4, -0.2) is 29.9 Å². The van der Waals surface area contributed by atoms with Crippen LogP contribution in [0, 0.1) is 6.92 Å². The Morgan fingerprint density at radius 1 is 1.09 bits per heavy atom. The van der Waals surface area contributed by atoms with Gasteiger partial charge < -0.3 is 15.2 Å². The summed E-state index contributed by atoms with van der Waals surface area (Å²) < 4.78 is 47.9. The summed E-state index contributed by atoms with van der Waals surface area (Å²) in [7, 11) is 1.51. The van der Waals surface area contributed by atoms with E-state index < -0.39 is 29.8 Å². The van der Waals surface area contributed by atoms with Gasteiger partial charge in [-0.05, 0) is 61.4 Å². The first kappa shape index (κ1) is 23.2. The largest absolute Gasteiger partial charge is 0.573 e. The van der Waals surface area contributed by atoms with Crippen molar-refractivity contribution in [3.05, 3.63) is 59.3 Å². The maximum absolute atomic E-state index is 13.3. The second kappa shape index (κ2) is 8.94. The molecule has 6 nitrogen and oxygen atoms in total. The number of nitrogens with two attached hydrogens (primary N) is 1. The van der Waals surface area contributed by atoms with Crippen molar-refractivity contribution >= 4 is 22.7 Å². The zero-order valence-corrected chi connectivity index (χ0v) is 17.8. The highest BCUT2D eigenvalue weighted by Crippen LogP contribution is 2.36. The van der Waals surface area contributed by atoms with E-state index >= 15 is 0 Å². The molecule has 1 amide bonds. The van der Waals surface area contributed by atoms with Gasteiger partial charge in [0.25, 0.3) is 5.91 Å². The van der Waals surface area contributed by atoms with Gasteiger partial charge in [-0.25, -0.2) is 0 Å². The summed E-state index contributed by atoms with van der Waals surface area (Å²) in [6, 6.07) is 9.81. The first-order valence-corrected chi connectivity index (χ1v) is 9.96. The van der Waals surface area contributed by atoms with E-state index in [4.69, 9.17) is 10.5 Å². The van der Waals surface area contributed by atoms with Gasteiger partial charge in [-0.15, -0.1) is 13.2 Å². The normalized spacial score (nSPS) is 12.6. The van der Waals surface area contributed by atoms with Crippen LogP contribution in [0.2, 0.25) is 0 Å². The average Bonchev–Trinajstić information content (AvgIpc) is 3.01. The van der Waals surface area contributed by atoms with Crippen molar-refractivity contribution in [3.63, 3.8) is 0 Å². The number of amides is 1. The number of halogens is 3. The lowest BCUT2D eigenvalue weighted by atomic mass is 9.91. The molecule has 9 heteroatoms. The summed E-state index contributed by atoms with van der Waals surface area (Å²) in [5.74, 6) is -1.44. The third kappa shape index (κ3) is 4.56. The van der Waals surface area contributed by atoms with Crippen molar-refractivity contribution in [2.75, 3.05) is 7.11 Å². The van der Waals surface area contributed by atoms with Crippen LogP contribution in [0.4, 0.5) is 13.2 Å². The molecule has 1 unspecified atom stereocenters. The van der Waals surface area contributed by atoms with Gasteiger partial charge in [0.2, 0.25) is 5.91 Å². The minimum Gasteiger partial charge on any atom is -0.497 e. The minimum atomic E-state index is -4.82. The Balaban J connectivity index is 2.15. The SMILES string of the molecule is CCCC(C(N)=O)c1c(C)n(C(=O)c2ccc(OC(F)(F)F)cc2)c2ccc(OC)cc12. The number of primary amides is 1. The number of nitrogens with zero attached hydrogens (tertiary/aromatic N) is 1. The number of benzene rings is 2. The van der Waals surface area contributed by atoms with Crippen molar-refractivity contribution in [3.8, 4) is 11.5 Å². The fourth-order valence-corrected chi connectivity index (χ4v) is 3.90. The molecule has 0 radical (unpaired) electrons. The standard InChI is InChI=1S/C23H23F3N2O4/c1-4-5-17(21(27)29)20-13(2)28(19-11-10-16(31-3)12-18(19)20)22(30)14-6-8-15(9-7-14)32-23(24,25)26/h6-12,17H,4-5H2,1-3H3,(H2,27,29). The third-order valence-electron chi connectivity index (χ3n) is 5.27. The van der Waals surface area contributed by atoms with Crippen LogP contribution in [0.25, 0.3) is 10.9 Å². The number of methoxy groups -OCH3 is 1. The zero-order chi connectivity index (χ0) is 23.6. The van der Waals surface area contributed by atoms with Crippen LogP contribution in [0.5, 0.6) is 11.5 Å². The summed E-state index contributed by atoms with van der Waals surface area (Å²) in [5.41, 5.74) is 7.55. The molecule has 0 aliphatic heterocycles. The topological polar surface area (TPSA) is 83.6 Å². The molecule has 32 heavy (non-hydrogen) atoms. The number of aromatic nitrogens is 1. The molecule has 0 saturated carbocycles. The number of alkyl halides is 3. The van der Waals surface area contributed by atoms with Gasteiger partial charge in [0.05, 0.1) is 18.5 Å². The molecule has 170 valence electrons. The Morgan fingerprint density at radius 2 is 1.72 bits per heavy atom. The lowest BCUT2D eigenvalue weighted by molar-refractivity contribution is -0.274. The lowest BCUT2D eigenvalue weighted by Gasteiger charge is -2.14. The summed E-state index contributed by atoms with van der Waals surface area (Å²) in [4.78, 5) is 25.6. The minimum absolute atomic E-state index is 0.160. The number of fused-ring (bicyclic) bond motifs is 1. The molecule has 0 aliphatic carbocycles. The summed E-state index contributed by atoms with van der Waals surface area (Å²) in [5, 5.41) is 0.657. The molecule has 1 heterocycles. The van der Waals surface area contributed by atoms with Gasteiger partial charge in [0, 0.05) is 16.6 Å². The predicted molar refractivity (Wildman–Crippen MR) is 113 cm³/mol. The second-order valence-corrected chi connectivity index (χ2v) is 7.34. The van der Waals surface area contributed by atoms with E-state index in [1.807, 2.05) is 6.92 Å². The Kier molecular flexibility index (Phi) is 6.47. The van der Waals surface area contributed by atoms with Gasteiger partial charge in [0.15, 0.2) is 0 Å². The number of hydrogen-bond acceptors (Lipinski definition) is 4. The van der Waals surface area contributed by atoms with Crippen molar-refractivity contribution < 1.29 is 32.2 Å². The Morgan fingerprint density at radius 3 is 2.25 bits per heavy atom. The predicted octanol–water partition coefficient (Wildman–Crippen LogP) is 4.91. The molecular weight excluding hydrogens is 425 g/mol. The van der Waals surface area contributed by atoms with E-state index in [-0.39, 0.29) is 5.56 Å². The van der Waals surface area contributed by atoms with E-state index in [0.29, 0.717) is 40.8 Å². The molecule has 0 fully saturated rings. The Bertz CT molecular complexity index is 1150. The molecule has 3 aromatic rings.